The van der Waals surface area contributed by atoms with Crippen LogP contribution in [0.3, 0.4) is 0 Å². The van der Waals surface area contributed by atoms with Crippen LogP contribution >= 0.6 is 27.7 Å². The lowest BCUT2D eigenvalue weighted by Crippen LogP contribution is -2.12. The number of rotatable bonds is 6. The number of aryl methyl sites for hydroxylation is 1. The van der Waals surface area contributed by atoms with E-state index >= 15 is 0 Å². The quantitative estimate of drug-likeness (QED) is 0.380. The molecule has 0 radical (unpaired) electrons. The highest BCUT2D eigenvalue weighted by molar-refractivity contribution is 9.10. The van der Waals surface area contributed by atoms with Crippen LogP contribution in [0.5, 0.6) is 0 Å². The molecule has 0 saturated carbocycles. The van der Waals surface area contributed by atoms with Crippen LogP contribution in [-0.4, -0.2) is 20.7 Å². The average molecular weight is 479 g/mol. The van der Waals surface area contributed by atoms with E-state index in [4.69, 9.17) is 0 Å². The van der Waals surface area contributed by atoms with Crippen molar-refractivity contribution in [2.24, 2.45) is 0 Å². The van der Waals surface area contributed by atoms with Crippen LogP contribution in [0.1, 0.15) is 21.5 Å². The van der Waals surface area contributed by atoms with E-state index in [2.05, 4.69) is 43.5 Å². The van der Waals surface area contributed by atoms with Crippen LogP contribution in [0.2, 0.25) is 0 Å². The average Bonchev–Trinajstić information content (AvgIpc) is 3.09. The van der Waals surface area contributed by atoms with Gasteiger partial charge in [-0.3, -0.25) is 4.79 Å². The molecule has 7 heteroatoms. The number of halogens is 1. The second-order valence-electron chi connectivity index (χ2n) is 6.73. The number of carbonyl (C=O) groups is 1. The normalized spacial score (nSPS) is 10.7. The number of carbonyl (C=O) groups excluding carboxylic acids is 1. The second kappa shape index (κ2) is 9.28. The third-order valence-corrected chi connectivity index (χ3v) is 5.83. The highest BCUT2D eigenvalue weighted by Gasteiger charge is 2.15. The molecule has 0 saturated heterocycles. The second-order valence-corrected chi connectivity index (χ2v) is 8.44. The number of nitrogens with one attached hydrogen (secondary N) is 1. The summed E-state index contributed by atoms with van der Waals surface area (Å²) >= 11 is 4.84. The summed E-state index contributed by atoms with van der Waals surface area (Å²) in [4.78, 5) is 18.1. The van der Waals surface area contributed by atoms with Gasteiger partial charge < -0.3 is 5.32 Å². The zero-order chi connectivity index (χ0) is 20.9. The van der Waals surface area contributed by atoms with Gasteiger partial charge in [0.1, 0.15) is 0 Å². The number of para-hydroxylation sites is 1. The molecular formula is C23H19BrN4OS. The number of hydrogen-bond acceptors (Lipinski definition) is 4. The maximum absolute atomic E-state index is 12.7. The minimum Gasteiger partial charge on any atom is -0.321 e. The maximum atomic E-state index is 12.7. The smallest absolute Gasteiger partial charge is 0.255 e. The van der Waals surface area contributed by atoms with Gasteiger partial charge in [0.2, 0.25) is 4.73 Å². The van der Waals surface area contributed by atoms with E-state index in [9.17, 15) is 4.79 Å². The summed E-state index contributed by atoms with van der Waals surface area (Å²) in [6, 6.07) is 25.3. The van der Waals surface area contributed by atoms with Crippen molar-refractivity contribution < 1.29 is 4.79 Å². The van der Waals surface area contributed by atoms with Crippen molar-refractivity contribution >= 4 is 39.3 Å². The molecule has 0 aliphatic heterocycles. The first-order valence-corrected chi connectivity index (χ1v) is 11.0. The molecule has 0 bridgehead atoms. The molecule has 1 amide bonds. The van der Waals surface area contributed by atoms with Crippen LogP contribution in [-0.2, 0) is 6.54 Å². The third-order valence-electron chi connectivity index (χ3n) is 4.44. The Balaban J connectivity index is 1.56. The molecule has 3 aromatic carbocycles. The zero-order valence-electron chi connectivity index (χ0n) is 16.2. The molecule has 1 heterocycles. The largest absolute Gasteiger partial charge is 0.321 e. The number of nitrogens with zero attached hydrogens (tertiary/aromatic N) is 3. The van der Waals surface area contributed by atoms with Gasteiger partial charge in [-0.05, 0) is 64.4 Å². The highest BCUT2D eigenvalue weighted by Crippen LogP contribution is 2.33. The first-order valence-electron chi connectivity index (χ1n) is 9.37. The van der Waals surface area contributed by atoms with Crippen LogP contribution < -0.4 is 5.32 Å². The fourth-order valence-corrected chi connectivity index (χ4v) is 4.28. The molecule has 0 aliphatic rings. The van der Waals surface area contributed by atoms with Crippen molar-refractivity contribution in [3.05, 3.63) is 100 Å². The van der Waals surface area contributed by atoms with Crippen LogP contribution in [0.15, 0.2) is 93.6 Å². The Morgan fingerprint density at radius 2 is 1.70 bits per heavy atom. The molecule has 0 aliphatic carbocycles. The Kier molecular flexibility index (Phi) is 6.30. The molecule has 0 atom stereocenters. The van der Waals surface area contributed by atoms with Gasteiger partial charge in [0, 0.05) is 10.5 Å². The lowest BCUT2D eigenvalue weighted by molar-refractivity contribution is 0.102. The van der Waals surface area contributed by atoms with Gasteiger partial charge in [0.15, 0.2) is 5.16 Å². The van der Waals surface area contributed by atoms with Crippen molar-refractivity contribution in [2.45, 2.75) is 23.5 Å². The summed E-state index contributed by atoms with van der Waals surface area (Å²) < 4.78 is 2.38. The monoisotopic (exact) mass is 478 g/mol. The Labute approximate surface area is 187 Å². The number of aromatic nitrogens is 3. The number of hydrogen-bond donors (Lipinski definition) is 1. The van der Waals surface area contributed by atoms with E-state index in [1.54, 1.807) is 0 Å². The Hall–Kier alpha value is -2.90. The SMILES string of the molecule is Cc1ccc(C(=O)Nc2ccccc2Sc2nc(Br)nn2Cc2ccccc2)cc1. The number of anilines is 1. The first-order chi connectivity index (χ1) is 14.6. The van der Waals surface area contributed by atoms with Gasteiger partial charge in [-0.2, -0.15) is 4.98 Å². The first kappa shape index (κ1) is 20.4. The van der Waals surface area contributed by atoms with Crippen LogP contribution in [0, 0.1) is 6.92 Å². The van der Waals surface area contributed by atoms with Gasteiger partial charge in [0.25, 0.3) is 5.91 Å². The fraction of sp³-hybridized carbons (Fsp3) is 0.0870. The zero-order valence-corrected chi connectivity index (χ0v) is 18.7. The fourth-order valence-electron chi connectivity index (χ4n) is 2.89. The van der Waals surface area contributed by atoms with E-state index in [1.165, 1.54) is 11.8 Å². The molecule has 150 valence electrons. The number of benzene rings is 3. The predicted molar refractivity (Wildman–Crippen MR) is 123 cm³/mol. The molecule has 5 nitrogen and oxygen atoms in total. The van der Waals surface area contributed by atoms with Crippen molar-refractivity contribution in [2.75, 3.05) is 5.32 Å². The predicted octanol–water partition coefficient (Wildman–Crippen LogP) is 5.80. The summed E-state index contributed by atoms with van der Waals surface area (Å²) in [6.45, 7) is 2.61. The van der Waals surface area contributed by atoms with E-state index in [0.29, 0.717) is 16.8 Å². The Morgan fingerprint density at radius 3 is 2.47 bits per heavy atom. The molecule has 0 fully saturated rings. The van der Waals surface area contributed by atoms with Gasteiger partial charge in [-0.15, -0.1) is 5.10 Å². The topological polar surface area (TPSA) is 59.8 Å². The van der Waals surface area contributed by atoms with Crippen molar-refractivity contribution in [1.29, 1.82) is 0 Å². The molecule has 4 aromatic rings. The van der Waals surface area contributed by atoms with Crippen molar-refractivity contribution in [3.8, 4) is 0 Å². The Bertz CT molecular complexity index is 1160. The standard InChI is InChI=1S/C23H19BrN4OS/c1-16-11-13-18(14-12-16)21(29)25-19-9-5-6-10-20(19)30-23-26-22(24)27-28(23)15-17-7-3-2-4-8-17/h2-14H,15H2,1H3,(H,25,29). The van der Waals surface area contributed by atoms with Crippen LogP contribution in [0.25, 0.3) is 0 Å². The maximum Gasteiger partial charge on any atom is 0.255 e. The van der Waals surface area contributed by atoms with Gasteiger partial charge in [-0.25, -0.2) is 4.68 Å². The van der Waals surface area contributed by atoms with Crippen LogP contribution in [0.4, 0.5) is 5.69 Å². The Morgan fingerprint density at radius 1 is 1.00 bits per heavy atom. The molecule has 1 N–H and O–H groups in total. The van der Waals surface area contributed by atoms with Gasteiger partial charge in [0.05, 0.1) is 12.2 Å². The van der Waals surface area contributed by atoms with E-state index in [-0.39, 0.29) is 5.91 Å². The van der Waals surface area contributed by atoms with E-state index in [1.807, 2.05) is 78.3 Å². The molecular weight excluding hydrogens is 460 g/mol. The minimum atomic E-state index is -0.144. The van der Waals surface area contributed by atoms with Crippen molar-refractivity contribution in [1.82, 2.24) is 14.8 Å². The molecule has 0 unspecified atom stereocenters. The molecule has 4 rings (SSSR count). The molecule has 30 heavy (non-hydrogen) atoms. The number of amides is 1. The molecule has 0 spiro atoms. The van der Waals surface area contributed by atoms with E-state index in [0.717, 1.165) is 26.9 Å². The molecule has 1 aromatic heterocycles. The minimum absolute atomic E-state index is 0.144. The van der Waals surface area contributed by atoms with E-state index < -0.39 is 0 Å². The summed E-state index contributed by atoms with van der Waals surface area (Å²) in [5, 5.41) is 8.21. The van der Waals surface area contributed by atoms with Crippen molar-refractivity contribution in [3.63, 3.8) is 0 Å². The van der Waals surface area contributed by atoms with Gasteiger partial charge in [-0.1, -0.05) is 60.2 Å². The summed E-state index contributed by atoms with van der Waals surface area (Å²) in [5.74, 6) is -0.144. The third kappa shape index (κ3) is 4.98. The summed E-state index contributed by atoms with van der Waals surface area (Å²) in [6.07, 6.45) is 0. The summed E-state index contributed by atoms with van der Waals surface area (Å²) in [5.41, 5.74) is 3.61. The summed E-state index contributed by atoms with van der Waals surface area (Å²) in [7, 11) is 0. The lowest BCUT2D eigenvalue weighted by atomic mass is 10.1. The van der Waals surface area contributed by atoms with Gasteiger partial charge >= 0.3 is 0 Å². The lowest BCUT2D eigenvalue weighted by Gasteiger charge is -2.11. The highest BCUT2D eigenvalue weighted by atomic mass is 79.9.